The van der Waals surface area contributed by atoms with E-state index in [9.17, 15) is 9.59 Å². The average Bonchev–Trinajstić information content (AvgIpc) is 2.00. The summed E-state index contributed by atoms with van der Waals surface area (Å²) in [6, 6.07) is 0. The van der Waals surface area contributed by atoms with Crippen LogP contribution in [0.25, 0.3) is 0 Å². The van der Waals surface area contributed by atoms with Crippen LogP contribution >= 0.6 is 0 Å². The van der Waals surface area contributed by atoms with Gasteiger partial charge in [-0.05, 0) is 25.8 Å². The number of carbonyl (C=O) groups is 2. The Balaban J connectivity index is 5.68. The highest BCUT2D eigenvalue weighted by Gasteiger charge is 2.20. The van der Waals surface area contributed by atoms with Crippen LogP contribution in [0.4, 0.5) is 0 Å². The molecule has 0 bridgehead atoms. The van der Waals surface area contributed by atoms with Gasteiger partial charge in [0.2, 0.25) is 0 Å². The zero-order valence-electron chi connectivity index (χ0n) is 9.37. The molecule has 15 heavy (non-hydrogen) atoms. The molecule has 0 saturated heterocycles. The van der Waals surface area contributed by atoms with Crippen LogP contribution < -0.4 is 0 Å². The van der Waals surface area contributed by atoms with E-state index >= 15 is 0 Å². The summed E-state index contributed by atoms with van der Waals surface area (Å²) < 4.78 is 0. The molecule has 0 spiro atoms. The molecule has 0 heterocycles. The Morgan fingerprint density at radius 2 is 1.53 bits per heavy atom. The SMILES string of the molecule is CC(C)=C/C(C(=O)O)=C(/C(=O)O)C(C)C. The molecule has 84 valence electrons. The van der Waals surface area contributed by atoms with Gasteiger partial charge in [0.15, 0.2) is 0 Å². The molecule has 0 aliphatic rings. The van der Waals surface area contributed by atoms with Crippen LogP contribution in [0.15, 0.2) is 22.8 Å². The molecule has 0 atom stereocenters. The van der Waals surface area contributed by atoms with Crippen LogP contribution in [0, 0.1) is 5.92 Å². The third-order valence-electron chi connectivity index (χ3n) is 1.76. The van der Waals surface area contributed by atoms with Crippen molar-refractivity contribution in [2.24, 2.45) is 5.92 Å². The third kappa shape index (κ3) is 3.97. The second kappa shape index (κ2) is 5.34. The molecule has 0 aliphatic carbocycles. The van der Waals surface area contributed by atoms with Gasteiger partial charge in [0, 0.05) is 0 Å². The molecule has 0 aromatic heterocycles. The van der Waals surface area contributed by atoms with Crippen LogP contribution in [0.1, 0.15) is 27.7 Å². The maximum Gasteiger partial charge on any atom is 0.336 e. The summed E-state index contributed by atoms with van der Waals surface area (Å²) in [6.07, 6.45) is 1.38. The van der Waals surface area contributed by atoms with Crippen molar-refractivity contribution in [3.63, 3.8) is 0 Å². The van der Waals surface area contributed by atoms with E-state index in [2.05, 4.69) is 0 Å². The molecule has 4 heteroatoms. The van der Waals surface area contributed by atoms with Crippen molar-refractivity contribution in [1.29, 1.82) is 0 Å². The van der Waals surface area contributed by atoms with Crippen molar-refractivity contribution in [2.75, 3.05) is 0 Å². The molecule has 0 aliphatic heterocycles. The van der Waals surface area contributed by atoms with Crippen molar-refractivity contribution in [3.05, 3.63) is 22.8 Å². The van der Waals surface area contributed by atoms with E-state index in [1.54, 1.807) is 27.7 Å². The molecule has 0 radical (unpaired) electrons. The molecule has 4 nitrogen and oxygen atoms in total. The number of carboxylic acids is 2. The summed E-state index contributed by atoms with van der Waals surface area (Å²) >= 11 is 0. The maximum atomic E-state index is 10.9. The predicted molar refractivity (Wildman–Crippen MR) is 56.6 cm³/mol. The van der Waals surface area contributed by atoms with E-state index in [4.69, 9.17) is 10.2 Å². The molecular weight excluding hydrogens is 196 g/mol. The van der Waals surface area contributed by atoms with Crippen LogP contribution in [-0.4, -0.2) is 22.2 Å². The molecule has 0 fully saturated rings. The summed E-state index contributed by atoms with van der Waals surface area (Å²) in [5.41, 5.74) is 0.549. The molecular formula is C11H16O4. The van der Waals surface area contributed by atoms with Crippen LogP contribution in [0.5, 0.6) is 0 Å². The molecule has 0 amide bonds. The van der Waals surface area contributed by atoms with Crippen LogP contribution in [-0.2, 0) is 9.59 Å². The first-order chi connectivity index (χ1) is 6.77. The lowest BCUT2D eigenvalue weighted by atomic mass is 9.96. The van der Waals surface area contributed by atoms with Gasteiger partial charge in [-0.3, -0.25) is 0 Å². The number of rotatable bonds is 4. The predicted octanol–water partition coefficient (Wildman–Crippen LogP) is 2.07. The highest BCUT2D eigenvalue weighted by atomic mass is 16.4. The van der Waals surface area contributed by atoms with E-state index in [1.165, 1.54) is 6.08 Å². The Morgan fingerprint density at radius 3 is 1.73 bits per heavy atom. The molecule has 0 unspecified atom stereocenters. The first-order valence-electron chi connectivity index (χ1n) is 4.63. The van der Waals surface area contributed by atoms with Gasteiger partial charge in [0.05, 0.1) is 11.1 Å². The van der Waals surface area contributed by atoms with E-state index in [0.29, 0.717) is 0 Å². The van der Waals surface area contributed by atoms with Crippen molar-refractivity contribution in [1.82, 2.24) is 0 Å². The van der Waals surface area contributed by atoms with E-state index in [0.717, 1.165) is 5.57 Å². The number of hydrogen-bond acceptors (Lipinski definition) is 2. The highest BCUT2D eigenvalue weighted by molar-refractivity contribution is 6.01. The minimum Gasteiger partial charge on any atom is -0.478 e. The Morgan fingerprint density at radius 1 is 1.07 bits per heavy atom. The Hall–Kier alpha value is -1.58. The monoisotopic (exact) mass is 212 g/mol. The van der Waals surface area contributed by atoms with Gasteiger partial charge in [-0.25, -0.2) is 9.59 Å². The van der Waals surface area contributed by atoms with Crippen molar-refractivity contribution in [2.45, 2.75) is 27.7 Å². The molecule has 0 aromatic carbocycles. The highest BCUT2D eigenvalue weighted by Crippen LogP contribution is 2.18. The zero-order valence-corrected chi connectivity index (χ0v) is 9.37. The van der Waals surface area contributed by atoms with E-state index < -0.39 is 11.9 Å². The van der Waals surface area contributed by atoms with Crippen LogP contribution in [0.2, 0.25) is 0 Å². The lowest BCUT2D eigenvalue weighted by Gasteiger charge is -2.09. The Labute approximate surface area is 88.9 Å². The van der Waals surface area contributed by atoms with Gasteiger partial charge in [-0.1, -0.05) is 19.4 Å². The topological polar surface area (TPSA) is 74.6 Å². The van der Waals surface area contributed by atoms with E-state index in [1.807, 2.05) is 0 Å². The Kier molecular flexibility index (Phi) is 4.78. The van der Waals surface area contributed by atoms with Gasteiger partial charge in [-0.15, -0.1) is 0 Å². The molecule has 0 rings (SSSR count). The maximum absolute atomic E-state index is 10.9. The number of allylic oxidation sites excluding steroid dienone is 1. The minimum atomic E-state index is -1.21. The molecule has 0 aromatic rings. The second-order valence-corrected chi connectivity index (χ2v) is 3.81. The van der Waals surface area contributed by atoms with Gasteiger partial charge in [-0.2, -0.15) is 0 Å². The smallest absolute Gasteiger partial charge is 0.336 e. The van der Waals surface area contributed by atoms with Crippen molar-refractivity contribution < 1.29 is 19.8 Å². The first-order valence-corrected chi connectivity index (χ1v) is 4.63. The summed E-state index contributed by atoms with van der Waals surface area (Å²) in [4.78, 5) is 21.8. The molecule has 2 N–H and O–H groups in total. The number of hydrogen-bond donors (Lipinski definition) is 2. The Bertz CT molecular complexity index is 330. The lowest BCUT2D eigenvalue weighted by molar-refractivity contribution is -0.136. The average molecular weight is 212 g/mol. The second-order valence-electron chi connectivity index (χ2n) is 3.81. The fourth-order valence-corrected chi connectivity index (χ4v) is 1.22. The fourth-order valence-electron chi connectivity index (χ4n) is 1.22. The summed E-state index contributed by atoms with van der Waals surface area (Å²) in [7, 11) is 0. The van der Waals surface area contributed by atoms with Gasteiger partial charge >= 0.3 is 11.9 Å². The van der Waals surface area contributed by atoms with Gasteiger partial charge < -0.3 is 10.2 Å². The number of aliphatic carboxylic acids is 2. The summed E-state index contributed by atoms with van der Waals surface area (Å²) in [5.74, 6) is -2.72. The zero-order chi connectivity index (χ0) is 12.2. The largest absolute Gasteiger partial charge is 0.478 e. The first kappa shape index (κ1) is 13.4. The van der Waals surface area contributed by atoms with E-state index in [-0.39, 0.29) is 17.1 Å². The standard InChI is InChI=1S/C11H16O4/c1-6(2)5-8(10(12)13)9(7(3)4)11(14)15/h5,7H,1-4H3,(H,12,13)(H,14,15)/b9-8-. The quantitative estimate of drug-likeness (QED) is 0.552. The van der Waals surface area contributed by atoms with Crippen molar-refractivity contribution in [3.8, 4) is 0 Å². The molecule has 0 saturated carbocycles. The minimum absolute atomic E-state index is 0.0660. The van der Waals surface area contributed by atoms with Crippen molar-refractivity contribution >= 4 is 11.9 Å². The lowest BCUT2D eigenvalue weighted by Crippen LogP contribution is -2.14. The third-order valence-corrected chi connectivity index (χ3v) is 1.76. The normalized spacial score (nSPS) is 12.1. The van der Waals surface area contributed by atoms with Gasteiger partial charge in [0.25, 0.3) is 0 Å². The summed E-state index contributed by atoms with van der Waals surface area (Å²) in [5, 5.41) is 17.8. The van der Waals surface area contributed by atoms with Gasteiger partial charge in [0.1, 0.15) is 0 Å². The number of carboxylic acid groups (broad SMARTS) is 2. The van der Waals surface area contributed by atoms with Crippen LogP contribution in [0.3, 0.4) is 0 Å². The summed E-state index contributed by atoms with van der Waals surface area (Å²) in [6.45, 7) is 6.77. The fraction of sp³-hybridized carbons (Fsp3) is 0.455.